The van der Waals surface area contributed by atoms with Gasteiger partial charge in [-0.3, -0.25) is 9.13 Å². The third-order valence-corrected chi connectivity index (χ3v) is 14.7. The number of aromatic nitrogens is 6. The van der Waals surface area contributed by atoms with E-state index in [0.717, 1.165) is 49.5 Å². The number of halogens is 1. The van der Waals surface area contributed by atoms with Crippen molar-refractivity contribution in [3.63, 3.8) is 0 Å². The number of aromatic hydroxyl groups is 1. The van der Waals surface area contributed by atoms with Crippen molar-refractivity contribution in [3.05, 3.63) is 208 Å². The minimum absolute atomic E-state index is 0.0844. The normalized spacial score (nSPS) is 11.4. The number of rotatable bonds is 3. The lowest BCUT2D eigenvalue weighted by Gasteiger charge is -2.19. The monoisotopic (exact) mass is 1130 g/mol. The number of phenols is 1. The highest BCUT2D eigenvalue weighted by molar-refractivity contribution is 9.10. The molecular weight excluding hydrogens is 1060 g/mol. The zero-order valence-corrected chi connectivity index (χ0v) is 51.8. The number of benzene rings is 6. The first-order valence-electron chi connectivity index (χ1n) is 27.5. The predicted octanol–water partition coefficient (Wildman–Crippen LogP) is 18.8. The van der Waals surface area contributed by atoms with Crippen LogP contribution in [0.25, 0.3) is 77.1 Å². The average Bonchev–Trinajstić information content (AvgIpc) is 4.29. The summed E-state index contributed by atoms with van der Waals surface area (Å²) < 4.78 is 10.6. The Morgan fingerprint density at radius 1 is 0.420 bits per heavy atom. The molecule has 0 amide bonds. The molecule has 0 spiro atoms. The summed E-state index contributed by atoms with van der Waals surface area (Å²) in [6.45, 7) is 31.5. The van der Waals surface area contributed by atoms with Gasteiger partial charge in [0.15, 0.2) is 0 Å². The summed E-state index contributed by atoms with van der Waals surface area (Å²) in [6, 6.07) is 50.8. The Balaban J connectivity index is 0.000000160. The molecule has 412 valence electrons. The third kappa shape index (κ3) is 13.9. The largest absolute Gasteiger partial charge is 0.508 e. The minimum Gasteiger partial charge on any atom is -0.508 e. The molecule has 2 N–H and O–H groups in total. The van der Waals surface area contributed by atoms with Crippen LogP contribution in [-0.4, -0.2) is 57.0 Å². The molecule has 0 bridgehead atoms. The lowest BCUT2D eigenvalue weighted by atomic mass is 9.86. The number of H-pyrrole nitrogens is 1. The van der Waals surface area contributed by atoms with Gasteiger partial charge in [0.05, 0.1) is 50.4 Å². The molecule has 6 heterocycles. The number of hydrogen-bond donors (Lipinski definition) is 2. The lowest BCUT2D eigenvalue weighted by molar-refractivity contribution is 0.415. The molecule has 8 nitrogen and oxygen atoms in total. The molecule has 12 aromatic rings. The number of methoxy groups -OCH3 is 1. The first kappa shape index (κ1) is 61.0. The highest BCUT2D eigenvalue weighted by Gasteiger charge is 2.21. The number of pyridine rings is 3. The van der Waals surface area contributed by atoms with E-state index in [9.17, 15) is 5.11 Å². The van der Waals surface area contributed by atoms with Crippen LogP contribution < -0.4 is 4.74 Å². The van der Waals surface area contributed by atoms with Crippen LogP contribution >= 0.6 is 15.9 Å². The number of aryl methyl sites for hydroxylation is 4. The average molecular weight is 1140 g/mol. The number of ether oxygens (including phenoxy) is 1. The van der Waals surface area contributed by atoms with Gasteiger partial charge in [0, 0.05) is 68.6 Å². The molecule has 4 radical (unpaired) electrons. The highest BCUT2D eigenvalue weighted by atomic mass is 79.9. The van der Waals surface area contributed by atoms with E-state index >= 15 is 0 Å². The molecule has 0 saturated carbocycles. The van der Waals surface area contributed by atoms with E-state index < -0.39 is 0 Å². The lowest BCUT2D eigenvalue weighted by Crippen LogP contribution is -2.10. The zero-order chi connectivity index (χ0) is 59.1. The van der Waals surface area contributed by atoms with Gasteiger partial charge in [-0.1, -0.05) is 106 Å². The van der Waals surface area contributed by atoms with E-state index in [-0.39, 0.29) is 22.0 Å². The number of hydrogen-bond acceptors (Lipinski definition) is 5. The van der Waals surface area contributed by atoms with Crippen molar-refractivity contribution in [2.45, 2.75) is 120 Å². The van der Waals surface area contributed by atoms with E-state index in [1.807, 2.05) is 67.8 Å². The van der Waals surface area contributed by atoms with Gasteiger partial charge in [-0.05, 0) is 202 Å². The number of nitrogens with one attached hydrogen (secondary N) is 1. The SMILES string of the molecule is COc1ccc2c(c1)[nH]c1ccc(C(C)(C)C)cc12.Cc1ccnc(-n2c3ccc(C(C)(C)C)cc3c3ccc(C)cc32)c1.Cc1ccnc(-n2c3ccc(C(C)(C)C)cc3c3ccc(O)cc32)c1.Cc1ccnc(Br)c1.[B]C.[B]C. The van der Waals surface area contributed by atoms with Gasteiger partial charge < -0.3 is 14.8 Å². The van der Waals surface area contributed by atoms with Crippen molar-refractivity contribution in [2.24, 2.45) is 0 Å². The van der Waals surface area contributed by atoms with Crippen molar-refractivity contribution < 1.29 is 9.84 Å². The van der Waals surface area contributed by atoms with Crippen LogP contribution in [0.5, 0.6) is 11.5 Å². The third-order valence-electron chi connectivity index (χ3n) is 14.2. The van der Waals surface area contributed by atoms with Gasteiger partial charge >= 0.3 is 0 Å². The van der Waals surface area contributed by atoms with Crippen LogP contribution in [0, 0.1) is 27.7 Å². The van der Waals surface area contributed by atoms with Crippen LogP contribution in [0.2, 0.25) is 13.6 Å². The van der Waals surface area contributed by atoms with Crippen molar-refractivity contribution in [1.29, 1.82) is 0 Å². The summed E-state index contributed by atoms with van der Waals surface area (Å²) in [5.41, 5.74) is 16.1. The molecular formula is C70H77B2BrN6O2. The second kappa shape index (κ2) is 25.4. The Labute approximate surface area is 491 Å². The fraction of sp³-hybridized carbons (Fsp3) is 0.271. The molecule has 0 fully saturated rings. The maximum absolute atomic E-state index is 10.0. The Bertz CT molecular complexity index is 3940. The molecule has 0 saturated heterocycles. The number of fused-ring (bicyclic) bond motifs is 9. The second-order valence-corrected chi connectivity index (χ2v) is 24.3. The Morgan fingerprint density at radius 2 is 0.852 bits per heavy atom. The van der Waals surface area contributed by atoms with E-state index in [4.69, 9.17) is 4.74 Å². The summed E-state index contributed by atoms with van der Waals surface area (Å²) in [7, 11) is 10.7. The molecule has 0 aliphatic heterocycles. The van der Waals surface area contributed by atoms with Gasteiger partial charge in [-0.2, -0.15) is 0 Å². The molecule has 0 atom stereocenters. The van der Waals surface area contributed by atoms with Crippen molar-refractivity contribution in [1.82, 2.24) is 29.1 Å². The van der Waals surface area contributed by atoms with Crippen LogP contribution in [-0.2, 0) is 16.2 Å². The van der Waals surface area contributed by atoms with Crippen LogP contribution in [0.1, 0.15) is 101 Å². The minimum atomic E-state index is 0.0844. The molecule has 81 heavy (non-hydrogen) atoms. The molecule has 0 aliphatic rings. The first-order chi connectivity index (χ1) is 38.5. The molecule has 12 rings (SSSR count). The van der Waals surface area contributed by atoms with Gasteiger partial charge in [-0.25, -0.2) is 15.0 Å². The Morgan fingerprint density at radius 3 is 1.31 bits per heavy atom. The summed E-state index contributed by atoms with van der Waals surface area (Å²) in [6.07, 6.45) is 5.50. The smallest absolute Gasteiger partial charge is 0.137 e. The van der Waals surface area contributed by atoms with E-state index in [1.165, 1.54) is 90.5 Å². The molecule has 6 aromatic heterocycles. The molecule has 11 heteroatoms. The summed E-state index contributed by atoms with van der Waals surface area (Å²) in [5, 5.41) is 17.5. The molecule has 0 aliphatic carbocycles. The highest BCUT2D eigenvalue weighted by Crippen LogP contribution is 2.38. The van der Waals surface area contributed by atoms with Crippen molar-refractivity contribution >= 4 is 97.0 Å². The number of nitrogens with zero attached hydrogens (tertiary/aromatic N) is 5. The Hall–Kier alpha value is -7.62. The van der Waals surface area contributed by atoms with Crippen molar-refractivity contribution in [3.8, 4) is 23.1 Å². The predicted molar refractivity (Wildman–Crippen MR) is 351 cm³/mol. The van der Waals surface area contributed by atoms with E-state index in [1.54, 1.807) is 19.4 Å². The standard InChI is InChI=1S/C23H24N2.C22H22N2O.C17H19NO.C6H6BrN.2CH3B/c1-15-6-8-18-19-14-17(23(3,4)5)7-9-20(19)25(21(18)12-15)22-13-16(2)10-11-24-22;1-14-9-10-23-21(11-14)24-19-8-5-15(22(2,3)4)12-18(19)17-7-6-16(25)13-20(17)24;1-17(2,3)11-5-8-15-14(9-11)13-7-6-12(19-4)10-16(13)18-15;1-5-2-3-8-6(7)4-5;2*1-2/h6-14H,1-5H3;5-13,25H,1-4H3;5-10,18H,1-4H3;2-4H,1H3;2*1H3. The number of aromatic amines is 1. The van der Waals surface area contributed by atoms with Crippen molar-refractivity contribution in [2.75, 3.05) is 7.11 Å². The van der Waals surface area contributed by atoms with Crippen LogP contribution in [0.4, 0.5) is 0 Å². The molecule has 6 aromatic carbocycles. The zero-order valence-electron chi connectivity index (χ0n) is 50.2. The summed E-state index contributed by atoms with van der Waals surface area (Å²) in [4.78, 5) is 16.6. The van der Waals surface area contributed by atoms with E-state index in [0.29, 0.717) is 0 Å². The Kier molecular flexibility index (Phi) is 19.2. The van der Waals surface area contributed by atoms with Gasteiger partial charge in [0.2, 0.25) is 0 Å². The maximum atomic E-state index is 10.0. The topological polar surface area (TPSA) is 93.8 Å². The number of phenolic OH excluding ortho intramolecular Hbond substituents is 1. The van der Waals surface area contributed by atoms with Crippen LogP contribution in [0.15, 0.2) is 169 Å². The fourth-order valence-electron chi connectivity index (χ4n) is 9.83. The second-order valence-electron chi connectivity index (χ2n) is 23.4. The summed E-state index contributed by atoms with van der Waals surface area (Å²) >= 11 is 3.25. The quantitative estimate of drug-likeness (QED) is 0.136. The van der Waals surface area contributed by atoms with Gasteiger partial charge in [0.1, 0.15) is 27.7 Å². The van der Waals surface area contributed by atoms with Crippen LogP contribution in [0.3, 0.4) is 0 Å². The molecule has 0 unspecified atom stereocenters. The first-order valence-corrected chi connectivity index (χ1v) is 28.3. The van der Waals surface area contributed by atoms with E-state index in [2.05, 4.69) is 235 Å². The summed E-state index contributed by atoms with van der Waals surface area (Å²) in [5.74, 6) is 3.00. The van der Waals surface area contributed by atoms with Gasteiger partial charge in [0.25, 0.3) is 0 Å². The van der Waals surface area contributed by atoms with Gasteiger partial charge in [-0.15, -0.1) is 0 Å². The fourth-order valence-corrected chi connectivity index (χ4v) is 10.3. The maximum Gasteiger partial charge on any atom is 0.137 e.